The molecule has 2 aliphatic heterocycles. The zero-order chi connectivity index (χ0) is 23.5. The number of nitrogens with one attached hydrogen (secondary N) is 1. The molecule has 3 heterocycles. The highest BCUT2D eigenvalue weighted by Gasteiger charge is 2.23. The third kappa shape index (κ3) is 5.52. The Bertz CT molecular complexity index is 1140. The Labute approximate surface area is 214 Å². The molecule has 2 aromatic carbocycles. The van der Waals surface area contributed by atoms with Crippen LogP contribution in [0.2, 0.25) is 10.0 Å². The predicted molar refractivity (Wildman–Crippen MR) is 140 cm³/mol. The van der Waals surface area contributed by atoms with Crippen LogP contribution in [0, 0.1) is 5.92 Å². The van der Waals surface area contributed by atoms with Crippen LogP contribution in [0.15, 0.2) is 54.6 Å². The van der Waals surface area contributed by atoms with E-state index in [0.29, 0.717) is 17.5 Å². The van der Waals surface area contributed by atoms with Gasteiger partial charge in [-0.1, -0.05) is 35.3 Å². The fourth-order valence-corrected chi connectivity index (χ4v) is 5.79. The van der Waals surface area contributed by atoms with Crippen molar-refractivity contribution in [3.8, 4) is 5.75 Å². The van der Waals surface area contributed by atoms with Gasteiger partial charge in [0.15, 0.2) is 0 Å². The molecule has 178 valence electrons. The van der Waals surface area contributed by atoms with Crippen LogP contribution < -0.4 is 15.0 Å². The minimum absolute atomic E-state index is 0.000536. The van der Waals surface area contributed by atoms with E-state index in [2.05, 4.69) is 27.2 Å². The van der Waals surface area contributed by atoms with E-state index < -0.39 is 0 Å². The maximum Gasteiger partial charge on any atom is 0.261 e. The molecule has 1 aromatic heterocycles. The Hall–Kier alpha value is -2.25. The van der Waals surface area contributed by atoms with Crippen LogP contribution in [0.1, 0.15) is 28.1 Å². The maximum absolute atomic E-state index is 12.8. The van der Waals surface area contributed by atoms with E-state index in [4.69, 9.17) is 27.9 Å². The molecule has 1 N–H and O–H groups in total. The summed E-state index contributed by atoms with van der Waals surface area (Å²) in [7, 11) is 0. The number of halogens is 2. The second-order valence-electron chi connectivity index (χ2n) is 8.81. The van der Waals surface area contributed by atoms with Gasteiger partial charge in [-0.05, 0) is 79.9 Å². The van der Waals surface area contributed by atoms with Crippen molar-refractivity contribution < 1.29 is 9.53 Å². The highest BCUT2D eigenvalue weighted by molar-refractivity contribution is 7.18. The standard InChI is InChI=1S/C26H27Cl2N3O2S/c27-20-3-1-19(2-4-20)17-30-11-9-18(10-12-30)16-29-26(32)24-7-8-25(34-24)31-13-14-33-23-6-5-21(28)15-22(23)31/h1-8,15,18H,9-14,16-17H2,(H,29,32). The smallest absolute Gasteiger partial charge is 0.261 e. The molecule has 3 aromatic rings. The van der Waals surface area contributed by atoms with Crippen molar-refractivity contribution >= 4 is 51.1 Å². The Kier molecular flexibility index (Phi) is 7.30. The number of amides is 1. The Morgan fingerprint density at radius 2 is 1.76 bits per heavy atom. The van der Waals surface area contributed by atoms with Crippen LogP contribution in [0.3, 0.4) is 0 Å². The van der Waals surface area contributed by atoms with Gasteiger partial charge in [-0.2, -0.15) is 0 Å². The van der Waals surface area contributed by atoms with Gasteiger partial charge in [-0.25, -0.2) is 0 Å². The molecule has 5 nitrogen and oxygen atoms in total. The first-order valence-corrected chi connectivity index (χ1v) is 13.2. The molecule has 0 aliphatic carbocycles. The van der Waals surface area contributed by atoms with Crippen molar-refractivity contribution in [1.82, 2.24) is 10.2 Å². The Balaban J connectivity index is 1.12. The zero-order valence-corrected chi connectivity index (χ0v) is 21.1. The number of likely N-dealkylation sites (tertiary alicyclic amines) is 1. The van der Waals surface area contributed by atoms with E-state index in [0.717, 1.165) is 71.9 Å². The molecule has 1 fully saturated rings. The molecule has 0 radical (unpaired) electrons. The van der Waals surface area contributed by atoms with Crippen LogP contribution in [0.5, 0.6) is 5.75 Å². The minimum Gasteiger partial charge on any atom is -0.490 e. The lowest BCUT2D eigenvalue weighted by atomic mass is 9.96. The summed E-state index contributed by atoms with van der Waals surface area (Å²) < 4.78 is 5.75. The molecule has 0 bridgehead atoms. The number of anilines is 2. The number of rotatable bonds is 6. The quantitative estimate of drug-likeness (QED) is 0.422. The molecular weight excluding hydrogens is 489 g/mol. The third-order valence-corrected chi connectivity index (χ3v) is 8.04. The largest absolute Gasteiger partial charge is 0.490 e. The maximum atomic E-state index is 12.8. The number of hydrogen-bond donors (Lipinski definition) is 1. The molecule has 5 rings (SSSR count). The summed E-state index contributed by atoms with van der Waals surface area (Å²) in [4.78, 5) is 18.2. The second kappa shape index (κ2) is 10.6. The van der Waals surface area contributed by atoms with Crippen molar-refractivity contribution in [1.29, 1.82) is 0 Å². The highest BCUT2D eigenvalue weighted by Crippen LogP contribution is 2.40. The predicted octanol–water partition coefficient (Wildman–Crippen LogP) is 6.23. The lowest BCUT2D eigenvalue weighted by molar-refractivity contribution is 0.0939. The zero-order valence-electron chi connectivity index (χ0n) is 18.8. The molecule has 0 atom stereocenters. The van der Waals surface area contributed by atoms with Gasteiger partial charge in [-0.3, -0.25) is 9.69 Å². The average Bonchev–Trinajstić information content (AvgIpc) is 3.35. The summed E-state index contributed by atoms with van der Waals surface area (Å²) >= 11 is 13.7. The molecule has 8 heteroatoms. The van der Waals surface area contributed by atoms with Crippen LogP contribution in [0.25, 0.3) is 0 Å². The fraction of sp³-hybridized carbons (Fsp3) is 0.346. The van der Waals surface area contributed by atoms with Crippen molar-refractivity contribution in [2.24, 2.45) is 5.92 Å². The number of thiophene rings is 1. The first kappa shape index (κ1) is 23.5. The van der Waals surface area contributed by atoms with E-state index in [1.54, 1.807) is 0 Å². The van der Waals surface area contributed by atoms with Crippen molar-refractivity contribution in [3.63, 3.8) is 0 Å². The van der Waals surface area contributed by atoms with Gasteiger partial charge in [0, 0.05) is 23.1 Å². The van der Waals surface area contributed by atoms with E-state index >= 15 is 0 Å². The van der Waals surface area contributed by atoms with Gasteiger partial charge in [0.2, 0.25) is 0 Å². The van der Waals surface area contributed by atoms with Crippen LogP contribution in [-0.2, 0) is 6.54 Å². The van der Waals surface area contributed by atoms with Gasteiger partial charge in [0.05, 0.1) is 22.1 Å². The number of piperidine rings is 1. The molecule has 2 aliphatic rings. The van der Waals surface area contributed by atoms with Crippen molar-refractivity contribution in [2.75, 3.05) is 37.7 Å². The van der Waals surface area contributed by atoms with Gasteiger partial charge in [0.1, 0.15) is 12.4 Å². The van der Waals surface area contributed by atoms with E-state index in [1.165, 1.54) is 16.9 Å². The molecule has 1 saturated heterocycles. The van der Waals surface area contributed by atoms with Crippen LogP contribution in [0.4, 0.5) is 10.7 Å². The summed E-state index contributed by atoms with van der Waals surface area (Å²) in [5.41, 5.74) is 2.23. The normalized spacial score (nSPS) is 16.7. The molecule has 34 heavy (non-hydrogen) atoms. The second-order valence-corrected chi connectivity index (χ2v) is 10.7. The summed E-state index contributed by atoms with van der Waals surface area (Å²) in [5.74, 6) is 1.33. The number of fused-ring (bicyclic) bond motifs is 1. The number of nitrogens with zero attached hydrogens (tertiary/aromatic N) is 2. The highest BCUT2D eigenvalue weighted by atomic mass is 35.5. The molecular formula is C26H27Cl2N3O2S. The summed E-state index contributed by atoms with van der Waals surface area (Å²) in [6.45, 7) is 5.09. The molecule has 0 spiro atoms. The van der Waals surface area contributed by atoms with E-state index in [9.17, 15) is 4.79 Å². The number of benzene rings is 2. The first-order valence-electron chi connectivity index (χ1n) is 11.6. The molecule has 1 amide bonds. The first-order chi connectivity index (χ1) is 16.5. The number of ether oxygens (including phenoxy) is 1. The summed E-state index contributed by atoms with van der Waals surface area (Å²) in [6, 6.07) is 17.6. The van der Waals surface area contributed by atoms with Crippen LogP contribution in [-0.4, -0.2) is 43.6 Å². The Morgan fingerprint density at radius 3 is 2.56 bits per heavy atom. The van der Waals surface area contributed by atoms with Crippen molar-refractivity contribution in [2.45, 2.75) is 19.4 Å². The summed E-state index contributed by atoms with van der Waals surface area (Å²) in [6.07, 6.45) is 2.18. The van der Waals surface area contributed by atoms with E-state index in [-0.39, 0.29) is 5.91 Å². The van der Waals surface area contributed by atoms with E-state index in [1.807, 2.05) is 42.5 Å². The number of carbonyl (C=O) groups excluding carboxylic acids is 1. The van der Waals surface area contributed by atoms with Gasteiger partial charge < -0.3 is 15.0 Å². The lowest BCUT2D eigenvalue weighted by Gasteiger charge is -2.32. The molecule has 0 saturated carbocycles. The van der Waals surface area contributed by atoms with Gasteiger partial charge in [-0.15, -0.1) is 11.3 Å². The van der Waals surface area contributed by atoms with Gasteiger partial charge >= 0.3 is 0 Å². The third-order valence-electron chi connectivity index (χ3n) is 6.44. The SMILES string of the molecule is O=C(NCC1CCN(Cc2ccc(Cl)cc2)CC1)c1ccc(N2CCOc3ccc(Cl)cc32)s1. The monoisotopic (exact) mass is 515 g/mol. The topological polar surface area (TPSA) is 44.8 Å². The lowest BCUT2D eigenvalue weighted by Crippen LogP contribution is -2.38. The number of hydrogen-bond acceptors (Lipinski definition) is 5. The molecule has 0 unspecified atom stereocenters. The summed E-state index contributed by atoms with van der Waals surface area (Å²) in [5, 5.41) is 5.62. The van der Waals surface area contributed by atoms with Crippen LogP contribution >= 0.6 is 34.5 Å². The minimum atomic E-state index is -0.000536. The average molecular weight is 516 g/mol. The fourth-order valence-electron chi connectivity index (χ4n) is 4.54. The Morgan fingerprint density at radius 1 is 1.00 bits per heavy atom. The van der Waals surface area contributed by atoms with Gasteiger partial charge in [0.25, 0.3) is 5.91 Å². The number of carbonyl (C=O) groups is 1. The van der Waals surface area contributed by atoms with Crippen molar-refractivity contribution in [3.05, 3.63) is 75.1 Å².